The summed E-state index contributed by atoms with van der Waals surface area (Å²) in [7, 11) is 0. The third-order valence-corrected chi connectivity index (χ3v) is 5.95. The molecule has 5 heteroatoms. The zero-order chi connectivity index (χ0) is 22.6. The summed E-state index contributed by atoms with van der Waals surface area (Å²) in [6.45, 7) is 3.67. The zero-order valence-corrected chi connectivity index (χ0v) is 18.9. The highest BCUT2D eigenvalue weighted by molar-refractivity contribution is 5.84. The molecule has 1 saturated carbocycles. The van der Waals surface area contributed by atoms with E-state index in [4.69, 9.17) is 4.74 Å². The van der Waals surface area contributed by atoms with Crippen LogP contribution in [0.25, 0.3) is 0 Å². The molecule has 0 unspecified atom stereocenters. The first-order valence-corrected chi connectivity index (χ1v) is 11.6. The van der Waals surface area contributed by atoms with Crippen LogP contribution in [0, 0.1) is 11.8 Å². The van der Waals surface area contributed by atoms with Gasteiger partial charge in [-0.1, -0.05) is 42.5 Å². The Kier molecular flexibility index (Phi) is 11.0. The van der Waals surface area contributed by atoms with Gasteiger partial charge in [0.2, 0.25) is 0 Å². The lowest BCUT2D eigenvalue weighted by atomic mass is 9.86. The van der Waals surface area contributed by atoms with Crippen molar-refractivity contribution < 1.29 is 24.5 Å². The zero-order valence-electron chi connectivity index (χ0n) is 18.9. The summed E-state index contributed by atoms with van der Waals surface area (Å²) < 4.78 is 5.11. The van der Waals surface area contributed by atoms with Gasteiger partial charge >= 0.3 is 5.97 Å². The number of Topliss-reactive ketones (excluding diaryl/α,β-unsaturated/α-hetero) is 1. The largest absolute Gasteiger partial charge is 0.463 e. The summed E-state index contributed by atoms with van der Waals surface area (Å²) in [6, 6.07) is 10.1. The third-order valence-electron chi connectivity index (χ3n) is 5.95. The number of ketones is 1. The smallest absolute Gasteiger partial charge is 0.306 e. The average Bonchev–Trinajstić information content (AvgIpc) is 3.00. The fourth-order valence-corrected chi connectivity index (χ4v) is 4.27. The molecule has 5 nitrogen and oxygen atoms in total. The number of esters is 1. The van der Waals surface area contributed by atoms with Crippen LogP contribution in [-0.2, 0) is 20.7 Å². The molecule has 0 heterocycles. The van der Waals surface area contributed by atoms with Crippen molar-refractivity contribution in [3.63, 3.8) is 0 Å². The van der Waals surface area contributed by atoms with Crippen LogP contribution in [0.5, 0.6) is 0 Å². The highest BCUT2D eigenvalue weighted by atomic mass is 16.5. The number of aliphatic hydroxyl groups is 2. The number of aryl methyl sites for hydroxylation is 1. The van der Waals surface area contributed by atoms with Crippen molar-refractivity contribution in [2.75, 3.05) is 0 Å². The number of carbonyl (C=O) groups excluding carboxylic acids is 2. The van der Waals surface area contributed by atoms with Crippen molar-refractivity contribution in [1.29, 1.82) is 0 Å². The van der Waals surface area contributed by atoms with E-state index in [1.807, 2.05) is 44.2 Å². The lowest BCUT2D eigenvalue weighted by molar-refractivity contribution is -0.147. The molecule has 1 aliphatic carbocycles. The van der Waals surface area contributed by atoms with E-state index in [0.29, 0.717) is 32.1 Å². The Bertz CT molecular complexity index is 697. The molecule has 2 N–H and O–H groups in total. The first kappa shape index (κ1) is 25.3. The van der Waals surface area contributed by atoms with Crippen LogP contribution in [0.1, 0.15) is 70.8 Å². The lowest BCUT2D eigenvalue weighted by Gasteiger charge is -2.21. The number of benzene rings is 1. The van der Waals surface area contributed by atoms with Crippen LogP contribution in [-0.4, -0.2) is 40.3 Å². The van der Waals surface area contributed by atoms with Crippen molar-refractivity contribution in [1.82, 2.24) is 0 Å². The van der Waals surface area contributed by atoms with Gasteiger partial charge in [0.25, 0.3) is 0 Å². The number of hydrogen-bond donors (Lipinski definition) is 2. The van der Waals surface area contributed by atoms with Gasteiger partial charge in [-0.15, -0.1) is 0 Å². The van der Waals surface area contributed by atoms with Crippen LogP contribution >= 0.6 is 0 Å². The van der Waals surface area contributed by atoms with Crippen LogP contribution < -0.4 is 0 Å². The van der Waals surface area contributed by atoms with Gasteiger partial charge < -0.3 is 14.9 Å². The van der Waals surface area contributed by atoms with Crippen LogP contribution in [0.2, 0.25) is 0 Å². The quantitative estimate of drug-likeness (QED) is 0.275. The first-order chi connectivity index (χ1) is 14.9. The number of aliphatic hydroxyl groups excluding tert-OH is 2. The Labute approximate surface area is 186 Å². The molecule has 1 aromatic rings. The van der Waals surface area contributed by atoms with E-state index in [2.05, 4.69) is 12.1 Å². The first-order valence-electron chi connectivity index (χ1n) is 11.6. The minimum atomic E-state index is -0.613. The molecule has 2 rings (SSSR count). The summed E-state index contributed by atoms with van der Waals surface area (Å²) in [5, 5.41) is 20.7. The van der Waals surface area contributed by atoms with E-state index >= 15 is 0 Å². The fourth-order valence-electron chi connectivity index (χ4n) is 4.27. The van der Waals surface area contributed by atoms with Crippen LogP contribution in [0.3, 0.4) is 0 Å². The molecule has 172 valence electrons. The highest BCUT2D eigenvalue weighted by Crippen LogP contribution is 2.36. The number of allylic oxidation sites excluding steroid dienone is 2. The molecule has 1 fully saturated rings. The topological polar surface area (TPSA) is 83.8 Å². The number of rotatable bonds is 13. The fraction of sp³-hybridized carbons (Fsp3) is 0.615. The second-order valence-corrected chi connectivity index (χ2v) is 8.90. The SMILES string of the molecule is CC(C)OC(=O)CCC/C=C\C[C@H]1C(=O)C[C@@H](O)[C@@H]1CC[C@@H](O)CCc1ccccc1. The maximum Gasteiger partial charge on any atom is 0.306 e. The Balaban J connectivity index is 1.71. The van der Waals surface area contributed by atoms with Gasteiger partial charge in [-0.2, -0.15) is 0 Å². The Morgan fingerprint density at radius 1 is 1.19 bits per heavy atom. The number of unbranched alkanes of at least 4 members (excludes halogenated alkanes) is 1. The molecular formula is C26H38O5. The summed E-state index contributed by atoms with van der Waals surface area (Å²) in [5.41, 5.74) is 1.21. The monoisotopic (exact) mass is 430 g/mol. The number of hydrogen-bond acceptors (Lipinski definition) is 5. The standard InChI is InChI=1S/C26H38O5/c1-19(2)31-26(30)13-9-4-3-8-12-22-23(25(29)18-24(22)28)17-16-21(27)15-14-20-10-6-5-7-11-20/h3,5-8,10-11,19,21-23,25,27,29H,4,9,12-18H2,1-2H3/b8-3-/t21-,22+,23+,25+/m0/s1. The van der Waals surface area contributed by atoms with Crippen molar-refractivity contribution in [2.45, 2.75) is 89.9 Å². The third kappa shape index (κ3) is 9.36. The summed E-state index contributed by atoms with van der Waals surface area (Å²) in [4.78, 5) is 23.9. The molecule has 0 amide bonds. The van der Waals surface area contributed by atoms with E-state index in [1.165, 1.54) is 5.56 Å². The van der Waals surface area contributed by atoms with Gasteiger partial charge in [0.15, 0.2) is 0 Å². The average molecular weight is 431 g/mol. The van der Waals surface area contributed by atoms with Crippen LogP contribution in [0.4, 0.5) is 0 Å². The van der Waals surface area contributed by atoms with Crippen LogP contribution in [0.15, 0.2) is 42.5 Å². The Morgan fingerprint density at radius 3 is 2.65 bits per heavy atom. The molecule has 31 heavy (non-hydrogen) atoms. The summed E-state index contributed by atoms with van der Waals surface area (Å²) in [6.07, 6.45) is 8.34. The van der Waals surface area contributed by atoms with Crippen molar-refractivity contribution in [2.24, 2.45) is 11.8 Å². The maximum absolute atomic E-state index is 12.3. The molecule has 0 bridgehead atoms. The predicted octanol–water partition coefficient (Wildman–Crippen LogP) is 4.39. The van der Waals surface area contributed by atoms with Crippen molar-refractivity contribution in [3.05, 3.63) is 48.0 Å². The summed E-state index contributed by atoms with van der Waals surface area (Å²) in [5.74, 6) is -0.340. The van der Waals surface area contributed by atoms with Gasteiger partial charge in [0.05, 0.1) is 18.3 Å². The number of carbonyl (C=O) groups is 2. The molecule has 0 spiro atoms. The van der Waals surface area contributed by atoms with Crippen molar-refractivity contribution >= 4 is 11.8 Å². The molecule has 0 saturated heterocycles. The molecule has 0 radical (unpaired) electrons. The minimum absolute atomic E-state index is 0.0864. The molecule has 1 aromatic carbocycles. The molecule has 0 aromatic heterocycles. The lowest BCUT2D eigenvalue weighted by Crippen LogP contribution is -2.22. The van der Waals surface area contributed by atoms with Crippen molar-refractivity contribution in [3.8, 4) is 0 Å². The van der Waals surface area contributed by atoms with Gasteiger partial charge in [0, 0.05) is 18.8 Å². The van der Waals surface area contributed by atoms with E-state index in [1.54, 1.807) is 0 Å². The van der Waals surface area contributed by atoms with Gasteiger partial charge in [0.1, 0.15) is 5.78 Å². The van der Waals surface area contributed by atoms with Gasteiger partial charge in [-0.05, 0) is 70.3 Å². The molecule has 4 atom stereocenters. The molecular weight excluding hydrogens is 392 g/mol. The summed E-state index contributed by atoms with van der Waals surface area (Å²) >= 11 is 0. The predicted molar refractivity (Wildman–Crippen MR) is 121 cm³/mol. The van der Waals surface area contributed by atoms with E-state index < -0.39 is 12.2 Å². The Hall–Kier alpha value is -1.98. The highest BCUT2D eigenvalue weighted by Gasteiger charge is 2.40. The maximum atomic E-state index is 12.3. The van der Waals surface area contributed by atoms with E-state index in [9.17, 15) is 19.8 Å². The Morgan fingerprint density at radius 2 is 1.94 bits per heavy atom. The van der Waals surface area contributed by atoms with Gasteiger partial charge in [-0.25, -0.2) is 0 Å². The van der Waals surface area contributed by atoms with Gasteiger partial charge in [-0.3, -0.25) is 9.59 Å². The second kappa shape index (κ2) is 13.4. The molecule has 0 aliphatic heterocycles. The van der Waals surface area contributed by atoms with E-state index in [-0.39, 0.29) is 36.1 Å². The second-order valence-electron chi connectivity index (χ2n) is 8.90. The minimum Gasteiger partial charge on any atom is -0.463 e. The van der Waals surface area contributed by atoms with E-state index in [0.717, 1.165) is 19.3 Å². The normalized spacial score (nSPS) is 22.4. The molecule has 1 aliphatic rings. The number of ether oxygens (including phenoxy) is 1.